The van der Waals surface area contributed by atoms with Gasteiger partial charge in [-0.05, 0) is 44.9 Å². The van der Waals surface area contributed by atoms with E-state index in [1.54, 1.807) is 0 Å². The molecule has 0 aliphatic carbocycles. The third-order valence-corrected chi connectivity index (χ3v) is 11.1. The highest BCUT2D eigenvalue weighted by atomic mass is 16.6. The molecule has 0 amide bonds. The lowest BCUT2D eigenvalue weighted by atomic mass is 10.0. The lowest BCUT2D eigenvalue weighted by molar-refractivity contribution is -0.162. The van der Waals surface area contributed by atoms with E-state index in [-0.39, 0.29) is 31.6 Å². The number of ether oxygens (including phenoxy) is 3. The first kappa shape index (κ1) is 57.6. The second kappa shape index (κ2) is 51.0. The molecule has 1 atom stereocenters. The molecule has 0 saturated heterocycles. The molecule has 5 heteroatoms. The molecular formula is C55H98O5. The SMILES string of the molecule is CC/C=C\C/C=C\C/C=C\C/C=C\C/C=C\CC(=O)OCC(COCCCCCCCCCCCCCCCCCCCCCC)OC(=O)CCCCCCCCCCC. The van der Waals surface area contributed by atoms with E-state index in [0.717, 1.165) is 57.8 Å². The fourth-order valence-electron chi connectivity index (χ4n) is 7.29. The standard InChI is InChI=1S/C55H98O5/c1-4-7-10-13-16-19-21-23-25-26-27-28-29-31-33-35-38-41-44-47-50-58-51-53(60-55(57)49-46-43-40-36-18-15-12-9-6-3)52-59-54(56)48-45-42-39-37-34-32-30-24-22-20-17-14-11-8-5-2/h8,11,17,20,24,30,34,37,42,45,53H,4-7,9-10,12-16,18-19,21-23,25-29,31-33,35-36,38-41,43-44,46-52H2,1-3H3/b11-8-,20-17-,30-24-,37-34-,45-42-. The van der Waals surface area contributed by atoms with E-state index in [9.17, 15) is 9.59 Å². The van der Waals surface area contributed by atoms with Gasteiger partial charge in [0.25, 0.3) is 0 Å². The summed E-state index contributed by atoms with van der Waals surface area (Å²) in [4.78, 5) is 25.2. The first-order valence-electron chi connectivity index (χ1n) is 25.8. The smallest absolute Gasteiger partial charge is 0.309 e. The van der Waals surface area contributed by atoms with Crippen molar-refractivity contribution in [2.75, 3.05) is 19.8 Å². The Morgan fingerprint density at radius 2 is 0.733 bits per heavy atom. The van der Waals surface area contributed by atoms with Gasteiger partial charge in [-0.25, -0.2) is 0 Å². The summed E-state index contributed by atoms with van der Waals surface area (Å²) < 4.78 is 17.3. The van der Waals surface area contributed by atoms with Crippen LogP contribution < -0.4 is 0 Å². The summed E-state index contributed by atoms with van der Waals surface area (Å²) in [7, 11) is 0. The number of allylic oxidation sites excluding steroid dienone is 9. The zero-order valence-corrected chi connectivity index (χ0v) is 40.0. The average Bonchev–Trinajstić information content (AvgIpc) is 3.25. The van der Waals surface area contributed by atoms with E-state index in [0.29, 0.717) is 13.0 Å². The Morgan fingerprint density at radius 1 is 0.383 bits per heavy atom. The normalized spacial score (nSPS) is 12.7. The van der Waals surface area contributed by atoms with Gasteiger partial charge in [-0.2, -0.15) is 0 Å². The minimum atomic E-state index is -0.571. The molecule has 0 heterocycles. The van der Waals surface area contributed by atoms with E-state index < -0.39 is 6.10 Å². The van der Waals surface area contributed by atoms with Crippen molar-refractivity contribution in [1.82, 2.24) is 0 Å². The van der Waals surface area contributed by atoms with Crippen molar-refractivity contribution in [1.29, 1.82) is 0 Å². The number of hydrogen-bond donors (Lipinski definition) is 0. The first-order chi connectivity index (χ1) is 29.6. The summed E-state index contributed by atoms with van der Waals surface area (Å²) in [5, 5.41) is 0. The maximum atomic E-state index is 12.7. The van der Waals surface area contributed by atoms with Crippen molar-refractivity contribution in [3.8, 4) is 0 Å². The third-order valence-electron chi connectivity index (χ3n) is 11.1. The number of esters is 2. The maximum absolute atomic E-state index is 12.7. The van der Waals surface area contributed by atoms with Gasteiger partial charge in [-0.3, -0.25) is 9.59 Å². The summed E-state index contributed by atoms with van der Waals surface area (Å²) in [5.74, 6) is -0.537. The Bertz CT molecular complexity index is 1040. The highest BCUT2D eigenvalue weighted by Crippen LogP contribution is 2.16. The Labute approximate surface area is 373 Å². The molecule has 0 aliphatic rings. The van der Waals surface area contributed by atoms with E-state index in [2.05, 4.69) is 69.4 Å². The Morgan fingerprint density at radius 3 is 1.13 bits per heavy atom. The lowest BCUT2D eigenvalue weighted by Gasteiger charge is -2.18. The number of carbonyl (C=O) groups excluding carboxylic acids is 2. The van der Waals surface area contributed by atoms with Gasteiger partial charge in [-0.1, -0.05) is 255 Å². The summed E-state index contributed by atoms with van der Waals surface area (Å²) >= 11 is 0. The summed E-state index contributed by atoms with van der Waals surface area (Å²) in [6.07, 6.45) is 64.1. The highest BCUT2D eigenvalue weighted by molar-refractivity contribution is 5.71. The Balaban J connectivity index is 4.23. The van der Waals surface area contributed by atoms with Crippen molar-refractivity contribution in [3.63, 3.8) is 0 Å². The van der Waals surface area contributed by atoms with Crippen LogP contribution in [0.15, 0.2) is 60.8 Å². The molecular weight excluding hydrogens is 741 g/mol. The van der Waals surface area contributed by atoms with Crippen LogP contribution in [-0.2, 0) is 23.8 Å². The van der Waals surface area contributed by atoms with Gasteiger partial charge in [-0.15, -0.1) is 0 Å². The summed E-state index contributed by atoms with van der Waals surface area (Å²) in [6, 6.07) is 0. The van der Waals surface area contributed by atoms with Crippen LogP contribution in [0.5, 0.6) is 0 Å². The van der Waals surface area contributed by atoms with Crippen LogP contribution in [0, 0.1) is 0 Å². The molecule has 60 heavy (non-hydrogen) atoms. The lowest BCUT2D eigenvalue weighted by Crippen LogP contribution is -2.30. The van der Waals surface area contributed by atoms with Gasteiger partial charge in [0.15, 0.2) is 6.10 Å². The predicted octanol–water partition coefficient (Wildman–Crippen LogP) is 17.3. The molecule has 0 rings (SSSR count). The van der Waals surface area contributed by atoms with Crippen LogP contribution >= 0.6 is 0 Å². The van der Waals surface area contributed by atoms with Crippen LogP contribution in [0.2, 0.25) is 0 Å². The summed E-state index contributed by atoms with van der Waals surface area (Å²) in [5.41, 5.74) is 0. The molecule has 0 aromatic rings. The van der Waals surface area contributed by atoms with E-state index >= 15 is 0 Å². The minimum Gasteiger partial charge on any atom is -0.461 e. The van der Waals surface area contributed by atoms with Gasteiger partial charge < -0.3 is 14.2 Å². The van der Waals surface area contributed by atoms with Gasteiger partial charge in [0.05, 0.1) is 13.0 Å². The van der Waals surface area contributed by atoms with Crippen molar-refractivity contribution >= 4 is 11.9 Å². The Hall–Kier alpha value is -2.40. The summed E-state index contributed by atoms with van der Waals surface area (Å²) in [6.45, 7) is 7.62. The van der Waals surface area contributed by atoms with Crippen molar-refractivity contribution in [3.05, 3.63) is 60.8 Å². The quantitative estimate of drug-likeness (QED) is 0.0347. The largest absolute Gasteiger partial charge is 0.461 e. The van der Waals surface area contributed by atoms with Crippen LogP contribution in [0.1, 0.15) is 252 Å². The molecule has 0 radical (unpaired) electrons. The van der Waals surface area contributed by atoms with E-state index in [1.807, 2.05) is 12.2 Å². The first-order valence-corrected chi connectivity index (χ1v) is 25.8. The predicted molar refractivity (Wildman–Crippen MR) is 261 cm³/mol. The van der Waals surface area contributed by atoms with Gasteiger partial charge in [0, 0.05) is 13.0 Å². The molecule has 0 aromatic carbocycles. The second-order valence-corrected chi connectivity index (χ2v) is 17.1. The second-order valence-electron chi connectivity index (χ2n) is 17.1. The molecule has 0 aromatic heterocycles. The number of unbranched alkanes of at least 4 members (excludes halogenated alkanes) is 27. The van der Waals surface area contributed by atoms with Crippen LogP contribution in [0.3, 0.4) is 0 Å². The van der Waals surface area contributed by atoms with Crippen molar-refractivity contribution in [2.45, 2.75) is 258 Å². The topological polar surface area (TPSA) is 61.8 Å². The molecule has 0 N–H and O–H groups in total. The molecule has 0 fully saturated rings. The van der Waals surface area contributed by atoms with Crippen LogP contribution in [0.25, 0.3) is 0 Å². The molecule has 5 nitrogen and oxygen atoms in total. The van der Waals surface area contributed by atoms with Crippen molar-refractivity contribution in [2.24, 2.45) is 0 Å². The highest BCUT2D eigenvalue weighted by Gasteiger charge is 2.17. The molecule has 0 bridgehead atoms. The maximum Gasteiger partial charge on any atom is 0.309 e. The monoisotopic (exact) mass is 839 g/mol. The van der Waals surface area contributed by atoms with Crippen LogP contribution in [0.4, 0.5) is 0 Å². The molecule has 0 spiro atoms. The van der Waals surface area contributed by atoms with Gasteiger partial charge in [0.2, 0.25) is 0 Å². The minimum absolute atomic E-state index is 0.0340. The molecule has 0 saturated carbocycles. The zero-order chi connectivity index (χ0) is 43.5. The molecule has 348 valence electrons. The average molecular weight is 839 g/mol. The van der Waals surface area contributed by atoms with Gasteiger partial charge >= 0.3 is 11.9 Å². The van der Waals surface area contributed by atoms with Crippen molar-refractivity contribution < 1.29 is 23.8 Å². The number of hydrogen-bond acceptors (Lipinski definition) is 5. The van der Waals surface area contributed by atoms with Crippen LogP contribution in [-0.4, -0.2) is 37.9 Å². The van der Waals surface area contributed by atoms with E-state index in [1.165, 1.54) is 161 Å². The van der Waals surface area contributed by atoms with E-state index in [4.69, 9.17) is 14.2 Å². The Kier molecular flexibility index (Phi) is 48.9. The molecule has 0 aliphatic heterocycles. The number of carbonyl (C=O) groups is 2. The van der Waals surface area contributed by atoms with Gasteiger partial charge in [0.1, 0.15) is 6.61 Å². The third kappa shape index (κ3) is 48.3. The molecule has 1 unspecified atom stereocenters. The fraction of sp³-hybridized carbons (Fsp3) is 0.782. The zero-order valence-electron chi connectivity index (χ0n) is 40.0. The number of rotatable bonds is 47. The fourth-order valence-corrected chi connectivity index (χ4v) is 7.29.